The molecule has 7 heteroatoms. The molecule has 7 nitrogen and oxygen atoms in total. The van der Waals surface area contributed by atoms with Crippen LogP contribution in [-0.4, -0.2) is 36.4 Å². The number of nitrogens with zero attached hydrogens (tertiary/aromatic N) is 1. The Balaban J connectivity index is 1.61. The summed E-state index contributed by atoms with van der Waals surface area (Å²) < 4.78 is 5.57. The van der Waals surface area contributed by atoms with E-state index in [0.717, 1.165) is 5.69 Å². The third-order valence-electron chi connectivity index (χ3n) is 4.53. The van der Waals surface area contributed by atoms with Gasteiger partial charge in [0.05, 0.1) is 23.5 Å². The van der Waals surface area contributed by atoms with E-state index in [1.54, 1.807) is 29.2 Å². The van der Waals surface area contributed by atoms with Gasteiger partial charge in [-0.2, -0.15) is 0 Å². The Labute approximate surface area is 176 Å². The first-order valence-corrected chi connectivity index (χ1v) is 9.98. The van der Waals surface area contributed by atoms with Gasteiger partial charge in [0.25, 0.3) is 5.91 Å². The average molecular weight is 409 g/mol. The zero-order chi connectivity index (χ0) is 21.7. The average Bonchev–Trinajstić information content (AvgIpc) is 2.70. The summed E-state index contributed by atoms with van der Waals surface area (Å²) in [4.78, 5) is 39.3. The fourth-order valence-corrected chi connectivity index (χ4v) is 3.19. The van der Waals surface area contributed by atoms with Crippen LogP contribution in [-0.2, 0) is 9.59 Å². The van der Waals surface area contributed by atoms with Crippen molar-refractivity contribution in [2.75, 3.05) is 23.4 Å². The zero-order valence-corrected chi connectivity index (χ0v) is 17.5. The van der Waals surface area contributed by atoms with Crippen LogP contribution in [0.5, 0.6) is 5.75 Å². The molecule has 3 amide bonds. The first-order valence-electron chi connectivity index (χ1n) is 9.98. The molecule has 158 valence electrons. The van der Waals surface area contributed by atoms with Gasteiger partial charge in [-0.05, 0) is 45.0 Å². The molecule has 0 aromatic heterocycles. The van der Waals surface area contributed by atoms with Gasteiger partial charge in [0.2, 0.25) is 11.8 Å². The molecule has 1 aliphatic heterocycles. The molecule has 2 aromatic carbocycles. The maximum Gasteiger partial charge on any atom is 0.253 e. The topological polar surface area (TPSA) is 87.7 Å². The van der Waals surface area contributed by atoms with Crippen molar-refractivity contribution in [3.8, 4) is 5.75 Å². The predicted octanol–water partition coefficient (Wildman–Crippen LogP) is 3.36. The van der Waals surface area contributed by atoms with Gasteiger partial charge in [0.15, 0.2) is 0 Å². The summed E-state index contributed by atoms with van der Waals surface area (Å²) in [7, 11) is 0. The molecule has 0 atom stereocenters. The summed E-state index contributed by atoms with van der Waals surface area (Å²) in [6, 6.07) is 14.2. The van der Waals surface area contributed by atoms with E-state index in [4.69, 9.17) is 4.74 Å². The maximum atomic E-state index is 12.7. The number of nitrogens with one attached hydrogen (secondary N) is 2. The minimum atomic E-state index is -0.394. The Hall–Kier alpha value is -3.35. The number of benzene rings is 2. The van der Waals surface area contributed by atoms with Crippen LogP contribution in [0.3, 0.4) is 0 Å². The van der Waals surface area contributed by atoms with E-state index in [1.807, 2.05) is 45.0 Å². The highest BCUT2D eigenvalue weighted by atomic mass is 16.5. The largest absolute Gasteiger partial charge is 0.490 e. The van der Waals surface area contributed by atoms with Crippen LogP contribution >= 0.6 is 0 Å². The van der Waals surface area contributed by atoms with Gasteiger partial charge in [0, 0.05) is 18.4 Å². The molecule has 0 saturated carbocycles. The zero-order valence-electron chi connectivity index (χ0n) is 17.5. The fraction of sp³-hybridized carbons (Fsp3) is 0.348. The molecule has 0 unspecified atom stereocenters. The molecule has 3 rings (SSSR count). The van der Waals surface area contributed by atoms with Gasteiger partial charge in [-0.15, -0.1) is 0 Å². The first kappa shape index (κ1) is 21.4. The van der Waals surface area contributed by atoms with Gasteiger partial charge >= 0.3 is 0 Å². The molecular formula is C23H27N3O4. The quantitative estimate of drug-likeness (QED) is 0.793. The van der Waals surface area contributed by atoms with Gasteiger partial charge in [-0.1, -0.05) is 24.3 Å². The second kappa shape index (κ2) is 8.98. The number of para-hydroxylation sites is 3. The van der Waals surface area contributed by atoms with E-state index in [1.165, 1.54) is 0 Å². The van der Waals surface area contributed by atoms with Crippen molar-refractivity contribution in [2.45, 2.75) is 39.2 Å². The minimum absolute atomic E-state index is 0.0214. The van der Waals surface area contributed by atoms with Crippen molar-refractivity contribution in [1.82, 2.24) is 5.32 Å². The number of carbonyl (C=O) groups excluding carboxylic acids is 3. The van der Waals surface area contributed by atoms with Crippen LogP contribution in [0.4, 0.5) is 11.4 Å². The molecule has 0 saturated heterocycles. The molecule has 2 N–H and O–H groups in total. The Kier molecular flexibility index (Phi) is 6.40. The van der Waals surface area contributed by atoms with Crippen molar-refractivity contribution in [1.29, 1.82) is 0 Å². The minimum Gasteiger partial charge on any atom is -0.490 e. The molecule has 30 heavy (non-hydrogen) atoms. The first-order chi connectivity index (χ1) is 14.2. The number of fused-ring (bicyclic) bond motifs is 1. The Morgan fingerprint density at radius 1 is 1.00 bits per heavy atom. The van der Waals surface area contributed by atoms with E-state index in [-0.39, 0.29) is 30.6 Å². The van der Waals surface area contributed by atoms with Crippen molar-refractivity contribution < 1.29 is 19.1 Å². The van der Waals surface area contributed by atoms with E-state index in [2.05, 4.69) is 10.6 Å². The number of ether oxygens (including phenoxy) is 1. The third kappa shape index (κ3) is 5.37. The number of amides is 3. The predicted molar refractivity (Wildman–Crippen MR) is 116 cm³/mol. The Morgan fingerprint density at radius 2 is 1.70 bits per heavy atom. The van der Waals surface area contributed by atoms with Crippen molar-refractivity contribution in [3.63, 3.8) is 0 Å². The SMILES string of the molecule is CC(C)(C)NC(=O)c1ccccc1NC(=O)CCC(=O)N1CCOc2ccccc21. The third-order valence-corrected chi connectivity index (χ3v) is 4.53. The smallest absolute Gasteiger partial charge is 0.253 e. The van der Waals surface area contributed by atoms with Crippen LogP contribution in [0.1, 0.15) is 44.0 Å². The molecule has 0 bridgehead atoms. The van der Waals surface area contributed by atoms with Crippen LogP contribution < -0.4 is 20.3 Å². The lowest BCUT2D eigenvalue weighted by molar-refractivity contribution is -0.122. The molecule has 1 heterocycles. The summed E-state index contributed by atoms with van der Waals surface area (Å²) >= 11 is 0. The molecule has 0 spiro atoms. The van der Waals surface area contributed by atoms with Gasteiger partial charge < -0.3 is 20.3 Å². The summed E-state index contributed by atoms with van der Waals surface area (Å²) in [5, 5.41) is 5.65. The van der Waals surface area contributed by atoms with Crippen molar-refractivity contribution in [2.24, 2.45) is 0 Å². The summed E-state index contributed by atoms with van der Waals surface area (Å²) in [6.45, 7) is 6.54. The monoisotopic (exact) mass is 409 g/mol. The number of carbonyl (C=O) groups is 3. The van der Waals surface area contributed by atoms with E-state index >= 15 is 0 Å². The number of hydrogen-bond donors (Lipinski definition) is 2. The van der Waals surface area contributed by atoms with E-state index < -0.39 is 5.54 Å². The summed E-state index contributed by atoms with van der Waals surface area (Å²) in [6.07, 6.45) is 0.0874. The van der Waals surface area contributed by atoms with Crippen molar-refractivity contribution >= 4 is 29.1 Å². The number of hydrogen-bond acceptors (Lipinski definition) is 4. The molecule has 1 aliphatic rings. The molecular weight excluding hydrogens is 382 g/mol. The Morgan fingerprint density at radius 3 is 2.47 bits per heavy atom. The fourth-order valence-electron chi connectivity index (χ4n) is 3.19. The molecule has 2 aromatic rings. The van der Waals surface area contributed by atoms with Crippen LogP contribution in [0.2, 0.25) is 0 Å². The highest BCUT2D eigenvalue weighted by Gasteiger charge is 2.24. The van der Waals surface area contributed by atoms with E-state index in [9.17, 15) is 14.4 Å². The second-order valence-corrected chi connectivity index (χ2v) is 8.16. The van der Waals surface area contributed by atoms with Gasteiger partial charge in [0.1, 0.15) is 12.4 Å². The maximum absolute atomic E-state index is 12.7. The van der Waals surface area contributed by atoms with Gasteiger partial charge in [-0.25, -0.2) is 0 Å². The van der Waals surface area contributed by atoms with Gasteiger partial charge in [-0.3, -0.25) is 14.4 Å². The lowest BCUT2D eigenvalue weighted by Crippen LogP contribution is -2.41. The second-order valence-electron chi connectivity index (χ2n) is 8.16. The number of anilines is 2. The standard InChI is InChI=1S/C23H27N3O4/c1-23(2,3)25-22(29)16-8-4-5-9-17(16)24-20(27)12-13-21(28)26-14-15-30-19-11-7-6-10-18(19)26/h4-11H,12-15H2,1-3H3,(H,24,27)(H,25,29). The molecule has 0 radical (unpaired) electrons. The number of rotatable bonds is 5. The lowest BCUT2D eigenvalue weighted by atomic mass is 10.1. The van der Waals surface area contributed by atoms with Crippen LogP contribution in [0, 0.1) is 0 Å². The van der Waals surface area contributed by atoms with Crippen LogP contribution in [0.15, 0.2) is 48.5 Å². The Bertz CT molecular complexity index is 949. The summed E-state index contributed by atoms with van der Waals surface area (Å²) in [5.74, 6) is -0.0553. The highest BCUT2D eigenvalue weighted by molar-refractivity contribution is 6.05. The summed E-state index contributed by atoms with van der Waals surface area (Å²) in [5.41, 5.74) is 1.13. The molecule has 0 fully saturated rings. The molecule has 0 aliphatic carbocycles. The normalized spacial score (nSPS) is 13.1. The van der Waals surface area contributed by atoms with E-state index in [0.29, 0.717) is 30.2 Å². The van der Waals surface area contributed by atoms with Crippen LogP contribution in [0.25, 0.3) is 0 Å². The highest BCUT2D eigenvalue weighted by Crippen LogP contribution is 2.31. The lowest BCUT2D eigenvalue weighted by Gasteiger charge is -2.29. The van der Waals surface area contributed by atoms with Crippen molar-refractivity contribution in [3.05, 3.63) is 54.1 Å².